The predicted octanol–water partition coefficient (Wildman–Crippen LogP) is 4.68. The van der Waals surface area contributed by atoms with E-state index in [0.29, 0.717) is 27.9 Å². The summed E-state index contributed by atoms with van der Waals surface area (Å²) in [6, 6.07) is 11.8. The molecule has 2 rings (SSSR count). The molecular weight excluding hydrogens is 344 g/mol. The van der Waals surface area contributed by atoms with Crippen LogP contribution in [0.2, 0.25) is 10.0 Å². The first-order valence-electron chi connectivity index (χ1n) is 6.57. The number of carbonyl (C=O) groups is 1. The van der Waals surface area contributed by atoms with Crippen LogP contribution in [0, 0.1) is 5.82 Å². The highest BCUT2D eigenvalue weighted by Gasteiger charge is 2.06. The minimum atomic E-state index is -0.346. The molecule has 6 heteroatoms. The lowest BCUT2D eigenvalue weighted by Crippen LogP contribution is -2.24. The predicted molar refractivity (Wildman–Crippen MR) is 90.9 cm³/mol. The highest BCUT2D eigenvalue weighted by atomic mass is 35.5. The molecule has 0 bridgehead atoms. The van der Waals surface area contributed by atoms with Gasteiger partial charge in [-0.3, -0.25) is 4.79 Å². The molecule has 0 aliphatic rings. The number of nitrogens with one attached hydrogen (secondary N) is 1. The van der Waals surface area contributed by atoms with Crippen LogP contribution < -0.4 is 5.32 Å². The van der Waals surface area contributed by atoms with Gasteiger partial charge in [0.05, 0.1) is 5.75 Å². The molecule has 22 heavy (non-hydrogen) atoms. The molecule has 0 saturated carbocycles. The topological polar surface area (TPSA) is 29.1 Å². The third-order valence-corrected chi connectivity index (χ3v) is 4.38. The van der Waals surface area contributed by atoms with E-state index in [9.17, 15) is 9.18 Å². The highest BCUT2D eigenvalue weighted by Crippen LogP contribution is 2.19. The Morgan fingerprint density at radius 2 is 1.77 bits per heavy atom. The summed E-state index contributed by atoms with van der Waals surface area (Å²) in [6.45, 7) is 0.450. The summed E-state index contributed by atoms with van der Waals surface area (Å²) >= 11 is 12.8. The van der Waals surface area contributed by atoms with Crippen molar-refractivity contribution in [1.82, 2.24) is 5.32 Å². The van der Waals surface area contributed by atoms with E-state index >= 15 is 0 Å². The van der Waals surface area contributed by atoms with Crippen LogP contribution in [0.15, 0.2) is 42.5 Å². The molecule has 0 radical (unpaired) electrons. The van der Waals surface area contributed by atoms with Crippen LogP contribution in [0.1, 0.15) is 11.1 Å². The fraction of sp³-hybridized carbons (Fsp3) is 0.188. The van der Waals surface area contributed by atoms with Crippen molar-refractivity contribution in [1.29, 1.82) is 0 Å². The van der Waals surface area contributed by atoms with Crippen molar-refractivity contribution >= 4 is 40.9 Å². The zero-order chi connectivity index (χ0) is 15.9. The number of thioether (sulfide) groups is 1. The molecule has 2 aromatic rings. The summed E-state index contributed by atoms with van der Waals surface area (Å²) in [5.41, 5.74) is 1.52. The Labute approximate surface area is 143 Å². The maximum Gasteiger partial charge on any atom is 0.230 e. The van der Waals surface area contributed by atoms with Gasteiger partial charge in [0.25, 0.3) is 0 Å². The molecule has 2 aromatic carbocycles. The molecule has 0 saturated heterocycles. The summed E-state index contributed by atoms with van der Waals surface area (Å²) in [6.07, 6.45) is 0. The quantitative estimate of drug-likeness (QED) is 0.812. The van der Waals surface area contributed by atoms with Gasteiger partial charge < -0.3 is 5.32 Å². The number of halogens is 3. The highest BCUT2D eigenvalue weighted by molar-refractivity contribution is 7.99. The molecule has 0 spiro atoms. The van der Waals surface area contributed by atoms with Gasteiger partial charge in [0.1, 0.15) is 5.82 Å². The molecular formula is C16H14Cl2FNOS. The van der Waals surface area contributed by atoms with Crippen LogP contribution in [-0.4, -0.2) is 11.7 Å². The number of rotatable bonds is 6. The SMILES string of the molecule is O=C(CSCc1ccc(Cl)cc1F)NCc1ccc(Cl)cc1. The summed E-state index contributed by atoms with van der Waals surface area (Å²) < 4.78 is 13.6. The van der Waals surface area contributed by atoms with Crippen molar-refractivity contribution in [3.8, 4) is 0 Å². The first-order valence-corrected chi connectivity index (χ1v) is 8.48. The lowest BCUT2D eigenvalue weighted by molar-refractivity contribution is -0.118. The molecule has 1 N–H and O–H groups in total. The van der Waals surface area contributed by atoms with E-state index < -0.39 is 0 Å². The van der Waals surface area contributed by atoms with E-state index in [0.717, 1.165) is 5.56 Å². The third-order valence-electron chi connectivity index (χ3n) is 2.91. The van der Waals surface area contributed by atoms with Gasteiger partial charge in [0.15, 0.2) is 0 Å². The van der Waals surface area contributed by atoms with Crippen LogP contribution in [0.3, 0.4) is 0 Å². The average molecular weight is 358 g/mol. The molecule has 0 fully saturated rings. The smallest absolute Gasteiger partial charge is 0.230 e. The molecule has 0 atom stereocenters. The third kappa shape index (κ3) is 5.52. The normalized spacial score (nSPS) is 10.5. The largest absolute Gasteiger partial charge is 0.351 e. The van der Waals surface area contributed by atoms with Gasteiger partial charge in [-0.2, -0.15) is 0 Å². The first kappa shape index (κ1) is 17.1. The van der Waals surface area contributed by atoms with Crippen LogP contribution >= 0.6 is 35.0 Å². The fourth-order valence-electron chi connectivity index (χ4n) is 1.75. The van der Waals surface area contributed by atoms with Crippen LogP contribution in [0.4, 0.5) is 4.39 Å². The van der Waals surface area contributed by atoms with Gasteiger partial charge >= 0.3 is 0 Å². The van der Waals surface area contributed by atoms with Gasteiger partial charge in [-0.05, 0) is 35.4 Å². The Kier molecular flexibility index (Phi) is 6.55. The summed E-state index contributed by atoms with van der Waals surface area (Å²) in [5, 5.41) is 3.84. The van der Waals surface area contributed by atoms with Crippen LogP contribution in [-0.2, 0) is 17.1 Å². The second kappa shape index (κ2) is 8.42. The van der Waals surface area contributed by atoms with E-state index in [-0.39, 0.29) is 17.5 Å². The zero-order valence-corrected chi connectivity index (χ0v) is 13.9. The maximum absolute atomic E-state index is 13.6. The van der Waals surface area contributed by atoms with E-state index in [1.807, 2.05) is 12.1 Å². The molecule has 2 nitrogen and oxygen atoms in total. The van der Waals surface area contributed by atoms with Gasteiger partial charge in [-0.25, -0.2) is 4.39 Å². The molecule has 0 unspecified atom stereocenters. The monoisotopic (exact) mass is 357 g/mol. The Hall–Kier alpha value is -1.23. The lowest BCUT2D eigenvalue weighted by atomic mass is 10.2. The first-order chi connectivity index (χ1) is 10.5. The minimum absolute atomic E-state index is 0.0886. The summed E-state index contributed by atoms with van der Waals surface area (Å²) in [4.78, 5) is 11.7. The number of hydrogen-bond acceptors (Lipinski definition) is 2. The van der Waals surface area contributed by atoms with E-state index in [1.165, 1.54) is 17.8 Å². The molecule has 0 aliphatic carbocycles. The minimum Gasteiger partial charge on any atom is -0.351 e. The van der Waals surface area contributed by atoms with E-state index in [1.54, 1.807) is 24.3 Å². The number of benzene rings is 2. The summed E-state index contributed by atoms with van der Waals surface area (Å²) in [5.74, 6) is 0.267. The Morgan fingerprint density at radius 3 is 2.45 bits per heavy atom. The lowest BCUT2D eigenvalue weighted by Gasteiger charge is -2.06. The van der Waals surface area contributed by atoms with Crippen molar-refractivity contribution in [2.24, 2.45) is 0 Å². The fourth-order valence-corrected chi connectivity index (χ4v) is 2.87. The number of hydrogen-bond donors (Lipinski definition) is 1. The van der Waals surface area contributed by atoms with Crippen molar-refractivity contribution < 1.29 is 9.18 Å². The van der Waals surface area contributed by atoms with Gasteiger partial charge in [0.2, 0.25) is 5.91 Å². The molecule has 0 aliphatic heterocycles. The number of carbonyl (C=O) groups excluding carboxylic acids is 1. The number of amides is 1. The average Bonchev–Trinajstić information content (AvgIpc) is 2.49. The van der Waals surface area contributed by atoms with E-state index in [2.05, 4.69) is 5.32 Å². The Balaban J connectivity index is 1.72. The second-order valence-corrected chi connectivity index (χ2v) is 6.49. The van der Waals surface area contributed by atoms with Gasteiger partial charge in [0, 0.05) is 22.3 Å². The van der Waals surface area contributed by atoms with Gasteiger partial charge in [-0.1, -0.05) is 41.4 Å². The van der Waals surface area contributed by atoms with Gasteiger partial charge in [-0.15, -0.1) is 11.8 Å². The van der Waals surface area contributed by atoms with Crippen LogP contribution in [0.5, 0.6) is 0 Å². The van der Waals surface area contributed by atoms with Crippen molar-refractivity contribution in [2.45, 2.75) is 12.3 Å². The standard InChI is InChI=1S/C16H14Cl2FNOS/c17-13-4-1-11(2-5-13)8-20-16(21)10-22-9-12-3-6-14(18)7-15(12)19/h1-7H,8-10H2,(H,20,21). The molecule has 116 valence electrons. The zero-order valence-electron chi connectivity index (χ0n) is 11.6. The molecule has 0 aromatic heterocycles. The summed E-state index contributed by atoms with van der Waals surface area (Å²) in [7, 11) is 0. The van der Waals surface area contributed by atoms with Crippen molar-refractivity contribution in [3.63, 3.8) is 0 Å². The van der Waals surface area contributed by atoms with E-state index in [4.69, 9.17) is 23.2 Å². The van der Waals surface area contributed by atoms with Crippen molar-refractivity contribution in [2.75, 3.05) is 5.75 Å². The second-order valence-electron chi connectivity index (χ2n) is 4.63. The molecule has 0 heterocycles. The maximum atomic E-state index is 13.6. The Morgan fingerprint density at radius 1 is 1.09 bits per heavy atom. The van der Waals surface area contributed by atoms with Crippen LogP contribution in [0.25, 0.3) is 0 Å². The van der Waals surface area contributed by atoms with Crippen molar-refractivity contribution in [3.05, 3.63) is 69.5 Å². The Bertz CT molecular complexity index is 649. The molecule has 1 amide bonds.